The monoisotopic (exact) mass is 315 g/mol. The number of hydrogen-bond donors (Lipinski definition) is 1. The Labute approximate surface area is 123 Å². The molecule has 0 spiro atoms. The Kier molecular flexibility index (Phi) is 4.18. The van der Waals surface area contributed by atoms with Crippen LogP contribution in [0.5, 0.6) is 0 Å². The zero-order valence-corrected chi connectivity index (χ0v) is 11.2. The third kappa shape index (κ3) is 3.52. The van der Waals surface area contributed by atoms with Crippen LogP contribution in [0.2, 0.25) is 5.02 Å². The number of aliphatic carboxylic acids is 1. The number of rotatable bonds is 3. The molecule has 21 heavy (non-hydrogen) atoms. The van der Waals surface area contributed by atoms with Crippen LogP contribution in [0.15, 0.2) is 36.5 Å². The first-order chi connectivity index (χ1) is 9.79. The largest absolute Gasteiger partial charge is 0.481 e. The van der Waals surface area contributed by atoms with Gasteiger partial charge in [0.1, 0.15) is 0 Å². The first kappa shape index (κ1) is 15.3. The van der Waals surface area contributed by atoms with Gasteiger partial charge in [0, 0.05) is 11.8 Å². The van der Waals surface area contributed by atoms with E-state index in [1.165, 1.54) is 24.3 Å². The van der Waals surface area contributed by atoms with Crippen LogP contribution < -0.4 is 0 Å². The number of benzene rings is 1. The van der Waals surface area contributed by atoms with Crippen molar-refractivity contribution in [2.45, 2.75) is 12.6 Å². The molecule has 1 heterocycles. The molecule has 0 atom stereocenters. The minimum atomic E-state index is -4.52. The summed E-state index contributed by atoms with van der Waals surface area (Å²) in [4.78, 5) is 14.6. The van der Waals surface area contributed by atoms with Gasteiger partial charge in [0.25, 0.3) is 0 Å². The lowest BCUT2D eigenvalue weighted by Crippen LogP contribution is -2.08. The summed E-state index contributed by atoms with van der Waals surface area (Å²) in [6, 6.07) is 6.23. The Morgan fingerprint density at radius 1 is 1.29 bits per heavy atom. The molecule has 2 aromatic rings. The molecule has 7 heteroatoms. The zero-order valence-electron chi connectivity index (χ0n) is 10.5. The normalized spacial score (nSPS) is 11.4. The molecular formula is C14H9ClF3NO2. The van der Waals surface area contributed by atoms with Gasteiger partial charge in [0.05, 0.1) is 22.7 Å². The fraction of sp³-hybridized carbons (Fsp3) is 0.143. The minimum Gasteiger partial charge on any atom is -0.481 e. The van der Waals surface area contributed by atoms with Crippen molar-refractivity contribution in [3.05, 3.63) is 52.7 Å². The minimum absolute atomic E-state index is 0.0311. The number of pyridine rings is 1. The summed E-state index contributed by atoms with van der Waals surface area (Å²) in [6.07, 6.45) is -3.75. The van der Waals surface area contributed by atoms with E-state index in [-0.39, 0.29) is 28.3 Å². The first-order valence-electron chi connectivity index (χ1n) is 5.82. The van der Waals surface area contributed by atoms with Crippen LogP contribution in [0.3, 0.4) is 0 Å². The highest BCUT2D eigenvalue weighted by Crippen LogP contribution is 2.36. The van der Waals surface area contributed by atoms with Crippen LogP contribution in [0, 0.1) is 0 Å². The van der Waals surface area contributed by atoms with Crippen molar-refractivity contribution in [3.63, 3.8) is 0 Å². The molecule has 0 saturated carbocycles. The van der Waals surface area contributed by atoms with Gasteiger partial charge in [-0.1, -0.05) is 29.8 Å². The number of carboxylic acid groups (broad SMARTS) is 1. The zero-order chi connectivity index (χ0) is 15.6. The number of nitrogens with zero attached hydrogens (tertiary/aromatic N) is 1. The summed E-state index contributed by atoms with van der Waals surface area (Å²) < 4.78 is 38.9. The molecule has 0 unspecified atom stereocenters. The van der Waals surface area contributed by atoms with Crippen LogP contribution in [0.1, 0.15) is 11.1 Å². The summed E-state index contributed by atoms with van der Waals surface area (Å²) in [5.74, 6) is -1.13. The smallest absolute Gasteiger partial charge is 0.417 e. The average molecular weight is 316 g/mol. The Morgan fingerprint density at radius 3 is 2.57 bits per heavy atom. The average Bonchev–Trinajstić information content (AvgIpc) is 2.40. The Bertz CT molecular complexity index is 686. The van der Waals surface area contributed by atoms with E-state index in [4.69, 9.17) is 16.7 Å². The molecular weight excluding hydrogens is 307 g/mol. The summed E-state index contributed by atoms with van der Waals surface area (Å²) >= 11 is 5.81. The van der Waals surface area contributed by atoms with Crippen molar-refractivity contribution in [2.75, 3.05) is 0 Å². The van der Waals surface area contributed by atoms with Crippen molar-refractivity contribution < 1.29 is 23.1 Å². The van der Waals surface area contributed by atoms with Crippen LogP contribution >= 0.6 is 11.6 Å². The third-order valence-corrected chi connectivity index (χ3v) is 3.13. The lowest BCUT2D eigenvalue weighted by atomic mass is 10.0. The number of hydrogen-bond acceptors (Lipinski definition) is 2. The fourth-order valence-corrected chi connectivity index (χ4v) is 2.05. The molecule has 1 N–H and O–H groups in total. The van der Waals surface area contributed by atoms with Crippen molar-refractivity contribution in [2.24, 2.45) is 0 Å². The van der Waals surface area contributed by atoms with Gasteiger partial charge in [0.2, 0.25) is 0 Å². The quantitative estimate of drug-likeness (QED) is 0.929. The highest BCUT2D eigenvalue weighted by atomic mass is 35.5. The van der Waals surface area contributed by atoms with Crippen LogP contribution in [-0.4, -0.2) is 16.1 Å². The molecule has 0 radical (unpaired) electrons. The van der Waals surface area contributed by atoms with Gasteiger partial charge in [-0.25, -0.2) is 0 Å². The molecule has 1 aromatic carbocycles. The lowest BCUT2D eigenvalue weighted by molar-refractivity contribution is -0.137. The second-order valence-electron chi connectivity index (χ2n) is 4.27. The van der Waals surface area contributed by atoms with Crippen molar-refractivity contribution >= 4 is 17.6 Å². The predicted molar refractivity (Wildman–Crippen MR) is 71.0 cm³/mol. The van der Waals surface area contributed by atoms with E-state index < -0.39 is 17.7 Å². The van der Waals surface area contributed by atoms with Gasteiger partial charge in [-0.15, -0.1) is 0 Å². The van der Waals surface area contributed by atoms with Gasteiger partial charge in [-0.2, -0.15) is 13.2 Å². The van der Waals surface area contributed by atoms with E-state index in [9.17, 15) is 18.0 Å². The highest BCUT2D eigenvalue weighted by Gasteiger charge is 2.33. The number of aromatic nitrogens is 1. The number of halogens is 4. The molecule has 0 bridgehead atoms. The Hall–Kier alpha value is -2.08. The molecule has 1 aromatic heterocycles. The van der Waals surface area contributed by atoms with Gasteiger partial charge >= 0.3 is 12.1 Å². The summed E-state index contributed by atoms with van der Waals surface area (Å²) in [5, 5.41) is 8.88. The predicted octanol–water partition coefficient (Wildman–Crippen LogP) is 4.05. The van der Waals surface area contributed by atoms with E-state index in [1.54, 1.807) is 0 Å². The summed E-state index contributed by atoms with van der Waals surface area (Å²) in [6.45, 7) is 0. The highest BCUT2D eigenvalue weighted by molar-refractivity contribution is 6.31. The maximum Gasteiger partial charge on any atom is 0.417 e. The summed E-state index contributed by atoms with van der Waals surface area (Å²) in [5.41, 5.74) is -0.705. The maximum absolute atomic E-state index is 13.0. The molecule has 110 valence electrons. The van der Waals surface area contributed by atoms with Crippen LogP contribution in [0.4, 0.5) is 13.2 Å². The molecule has 0 aliphatic carbocycles. The molecule has 0 saturated heterocycles. The van der Waals surface area contributed by atoms with Crippen molar-refractivity contribution in [1.29, 1.82) is 0 Å². The molecule has 3 nitrogen and oxygen atoms in total. The molecule has 2 rings (SSSR count). The van der Waals surface area contributed by atoms with Crippen molar-refractivity contribution in [3.8, 4) is 11.3 Å². The van der Waals surface area contributed by atoms with Gasteiger partial charge in [-0.3, -0.25) is 9.78 Å². The Balaban J connectivity index is 2.55. The summed E-state index contributed by atoms with van der Waals surface area (Å²) in [7, 11) is 0. The third-order valence-electron chi connectivity index (χ3n) is 2.78. The number of alkyl halides is 3. The fourth-order valence-electron chi connectivity index (χ4n) is 1.88. The SMILES string of the molecule is O=C(O)Cc1cc(-c2ccccc2C(F)(F)F)ncc1Cl. The molecule has 0 aliphatic heterocycles. The second-order valence-corrected chi connectivity index (χ2v) is 4.68. The standard InChI is InChI=1S/C14H9ClF3NO2/c15-11-7-19-12(5-8(11)6-13(20)21)9-3-1-2-4-10(9)14(16,17)18/h1-5,7H,6H2,(H,20,21). The second kappa shape index (κ2) is 5.73. The maximum atomic E-state index is 13.0. The van der Waals surface area contributed by atoms with Gasteiger partial charge in [0.15, 0.2) is 0 Å². The Morgan fingerprint density at radius 2 is 1.95 bits per heavy atom. The van der Waals surface area contributed by atoms with Gasteiger partial charge < -0.3 is 5.11 Å². The molecule has 0 amide bonds. The lowest BCUT2D eigenvalue weighted by Gasteiger charge is -2.13. The van der Waals surface area contributed by atoms with E-state index in [0.717, 1.165) is 12.3 Å². The molecule has 0 fully saturated rings. The molecule has 0 aliphatic rings. The topological polar surface area (TPSA) is 50.2 Å². The van der Waals surface area contributed by atoms with E-state index in [2.05, 4.69) is 4.98 Å². The van der Waals surface area contributed by atoms with Crippen molar-refractivity contribution in [1.82, 2.24) is 4.98 Å². The van der Waals surface area contributed by atoms with E-state index in [1.807, 2.05) is 0 Å². The van der Waals surface area contributed by atoms with E-state index >= 15 is 0 Å². The first-order valence-corrected chi connectivity index (χ1v) is 6.19. The van der Waals surface area contributed by atoms with Gasteiger partial charge in [-0.05, 0) is 17.7 Å². The van der Waals surface area contributed by atoms with Crippen LogP contribution in [-0.2, 0) is 17.4 Å². The van der Waals surface area contributed by atoms with E-state index in [0.29, 0.717) is 0 Å². The number of carbonyl (C=O) groups is 1. The van der Waals surface area contributed by atoms with Crippen LogP contribution in [0.25, 0.3) is 11.3 Å². The number of carboxylic acids is 1.